The topological polar surface area (TPSA) is 231 Å². The molecular weight excluding hydrogens is 1220 g/mol. The third kappa shape index (κ3) is 69.6. The molecular formula is C75H132O16P2. The van der Waals surface area contributed by atoms with Crippen LogP contribution in [0.4, 0.5) is 0 Å². The molecule has 16 nitrogen and oxygen atoms in total. The average molecular weight is 1350 g/mol. The van der Waals surface area contributed by atoms with Gasteiger partial charge in [0, 0.05) is 19.3 Å². The van der Waals surface area contributed by atoms with E-state index in [0.29, 0.717) is 19.3 Å². The molecule has 0 aliphatic rings. The molecule has 0 aromatic rings. The average Bonchev–Trinajstić information content (AvgIpc) is 3.26. The number of carbonyl (C=O) groups excluding carboxylic acids is 3. The Bertz CT molecular complexity index is 2080. The molecule has 538 valence electrons. The molecule has 0 bridgehead atoms. The molecule has 0 rings (SSSR count). The van der Waals surface area contributed by atoms with Crippen LogP contribution in [0.2, 0.25) is 0 Å². The molecule has 0 aliphatic carbocycles. The van der Waals surface area contributed by atoms with E-state index in [0.717, 1.165) is 135 Å². The Kier molecular flexibility index (Phi) is 65.8. The number of rotatable bonds is 69. The Morgan fingerprint density at radius 2 is 0.570 bits per heavy atom. The SMILES string of the molecule is CC/C=C\C/C=C\C/C=C\CCCCCCCC(=O)OCC(COP(=O)(O)OCC(O)COP(=O)(O)OCC(O)COC(=O)CCCCCCCCCCCCC/C=C\C/C=C\C/C=C\C/C=C\CCCCC)OC(=O)CCCCCCC/C=C\CCCCCCCC. The van der Waals surface area contributed by atoms with Crippen LogP contribution < -0.4 is 0 Å². The van der Waals surface area contributed by atoms with Gasteiger partial charge in [-0.05, 0) is 122 Å². The van der Waals surface area contributed by atoms with E-state index >= 15 is 0 Å². The lowest BCUT2D eigenvalue weighted by Crippen LogP contribution is -2.30. The molecule has 0 fully saturated rings. The van der Waals surface area contributed by atoms with Crippen LogP contribution in [0.5, 0.6) is 0 Å². The molecule has 0 heterocycles. The number of phosphoric acid groups is 2. The first-order chi connectivity index (χ1) is 45.2. The molecule has 0 amide bonds. The van der Waals surface area contributed by atoms with E-state index in [2.05, 4.69) is 118 Å². The molecule has 93 heavy (non-hydrogen) atoms. The zero-order chi connectivity index (χ0) is 68.1. The fourth-order valence-corrected chi connectivity index (χ4v) is 11.3. The number of carbonyl (C=O) groups is 3. The van der Waals surface area contributed by atoms with Crippen molar-refractivity contribution in [3.05, 3.63) is 97.2 Å². The van der Waals surface area contributed by atoms with Crippen molar-refractivity contribution in [3.63, 3.8) is 0 Å². The van der Waals surface area contributed by atoms with E-state index in [1.165, 1.54) is 109 Å². The van der Waals surface area contributed by atoms with Crippen molar-refractivity contribution in [1.29, 1.82) is 0 Å². The maximum Gasteiger partial charge on any atom is 0.472 e. The van der Waals surface area contributed by atoms with Crippen LogP contribution in [0.25, 0.3) is 0 Å². The first-order valence-electron chi connectivity index (χ1n) is 36.5. The molecule has 18 heteroatoms. The van der Waals surface area contributed by atoms with E-state index in [9.17, 15) is 43.5 Å². The quantitative estimate of drug-likeness (QED) is 0.0146. The zero-order valence-corrected chi connectivity index (χ0v) is 60.2. The number of phosphoric ester groups is 2. The molecule has 0 saturated carbocycles. The number of hydrogen-bond acceptors (Lipinski definition) is 14. The molecule has 0 aliphatic heterocycles. The van der Waals surface area contributed by atoms with Crippen molar-refractivity contribution in [2.75, 3.05) is 39.6 Å². The molecule has 4 N–H and O–H groups in total. The monoisotopic (exact) mass is 1350 g/mol. The maximum atomic E-state index is 12.9. The molecule has 0 saturated heterocycles. The summed E-state index contributed by atoms with van der Waals surface area (Å²) < 4.78 is 60.9. The van der Waals surface area contributed by atoms with Crippen LogP contribution in [0.1, 0.15) is 303 Å². The normalized spacial score (nSPS) is 14.7. The van der Waals surface area contributed by atoms with Gasteiger partial charge in [-0.2, -0.15) is 0 Å². The molecule has 5 unspecified atom stereocenters. The van der Waals surface area contributed by atoms with Crippen LogP contribution in [0, 0.1) is 0 Å². The van der Waals surface area contributed by atoms with E-state index in [-0.39, 0.29) is 19.3 Å². The van der Waals surface area contributed by atoms with Gasteiger partial charge < -0.3 is 34.2 Å². The van der Waals surface area contributed by atoms with E-state index in [4.69, 9.17) is 32.3 Å². The number of aliphatic hydroxyl groups excluding tert-OH is 2. The summed E-state index contributed by atoms with van der Waals surface area (Å²) in [6.07, 6.45) is 76.0. The molecule has 5 atom stereocenters. The lowest BCUT2D eigenvalue weighted by atomic mass is 10.0. The second-order valence-corrected chi connectivity index (χ2v) is 27.3. The summed E-state index contributed by atoms with van der Waals surface area (Å²) in [6.45, 7) is 2.51. The minimum absolute atomic E-state index is 0.0909. The third-order valence-electron chi connectivity index (χ3n) is 15.3. The lowest BCUT2D eigenvalue weighted by Gasteiger charge is -2.21. The molecule has 0 spiro atoms. The van der Waals surface area contributed by atoms with Gasteiger partial charge in [0.25, 0.3) is 0 Å². The summed E-state index contributed by atoms with van der Waals surface area (Å²) in [5, 5.41) is 20.6. The van der Waals surface area contributed by atoms with Crippen molar-refractivity contribution >= 4 is 33.6 Å². The van der Waals surface area contributed by atoms with Crippen molar-refractivity contribution in [3.8, 4) is 0 Å². The van der Waals surface area contributed by atoms with Crippen LogP contribution in [-0.2, 0) is 55.8 Å². The fourth-order valence-electron chi connectivity index (χ4n) is 9.68. The summed E-state index contributed by atoms with van der Waals surface area (Å²) in [7, 11) is -9.78. The van der Waals surface area contributed by atoms with Gasteiger partial charge in [0.05, 0.1) is 26.4 Å². The van der Waals surface area contributed by atoms with Gasteiger partial charge in [0.2, 0.25) is 0 Å². The van der Waals surface area contributed by atoms with Gasteiger partial charge in [-0.1, -0.05) is 259 Å². The third-order valence-corrected chi connectivity index (χ3v) is 17.2. The van der Waals surface area contributed by atoms with Crippen molar-refractivity contribution in [2.45, 2.75) is 322 Å². The molecule has 0 aromatic heterocycles. The van der Waals surface area contributed by atoms with Crippen molar-refractivity contribution in [1.82, 2.24) is 0 Å². The number of esters is 3. The smallest absolute Gasteiger partial charge is 0.463 e. The standard InChI is InChI=1S/C75H132O16P2/c1-4-7-10-13-16-19-22-25-28-29-30-31-32-33-34-35-36-37-38-39-42-44-46-49-52-55-58-61-73(78)85-64-70(76)65-87-92(81,82)88-66-71(77)67-89-93(83,84)90-69-72(91-75(80)63-60-57-54-51-48-45-41-27-24-21-18-15-12-9-6-3)68-86-74(79)62-59-56-53-50-47-43-40-26-23-20-17-14-11-8-5-2/h8,11,16-17,19-20,25-28,30-31,33-34,40-41,70-72,76-77H,4-7,9-10,12-15,18,21-24,29,32,35-39,42-69H2,1-3H3,(H,81,82)(H,83,84)/b11-8-,19-16-,20-17-,28-25-,31-30-,34-33-,40-26-,41-27-. The van der Waals surface area contributed by atoms with Gasteiger partial charge in [-0.15, -0.1) is 0 Å². The molecule has 0 radical (unpaired) electrons. The Hall–Kier alpha value is -3.53. The number of aliphatic hydroxyl groups is 2. The van der Waals surface area contributed by atoms with E-state index < -0.39 is 91.5 Å². The summed E-state index contributed by atoms with van der Waals surface area (Å²) in [5.41, 5.74) is 0. The highest BCUT2D eigenvalue weighted by Crippen LogP contribution is 2.45. The lowest BCUT2D eigenvalue weighted by molar-refractivity contribution is -0.161. The summed E-state index contributed by atoms with van der Waals surface area (Å²) in [5.74, 6) is -1.60. The van der Waals surface area contributed by atoms with Gasteiger partial charge in [0.15, 0.2) is 6.10 Å². The van der Waals surface area contributed by atoms with Gasteiger partial charge in [0.1, 0.15) is 25.4 Å². The van der Waals surface area contributed by atoms with Crippen LogP contribution in [0.15, 0.2) is 97.2 Å². The number of unbranched alkanes of at least 4 members (excludes halogenated alkanes) is 30. The van der Waals surface area contributed by atoms with Crippen LogP contribution in [0.3, 0.4) is 0 Å². The summed E-state index contributed by atoms with van der Waals surface area (Å²) >= 11 is 0. The first kappa shape index (κ1) is 89.5. The summed E-state index contributed by atoms with van der Waals surface area (Å²) in [4.78, 5) is 58.4. The Morgan fingerprint density at radius 3 is 0.935 bits per heavy atom. The van der Waals surface area contributed by atoms with Crippen molar-refractivity contribution in [2.24, 2.45) is 0 Å². The number of hydrogen-bond donors (Lipinski definition) is 4. The van der Waals surface area contributed by atoms with E-state index in [1.54, 1.807) is 0 Å². The Balaban J connectivity index is 4.52. The predicted octanol–water partition coefficient (Wildman–Crippen LogP) is 20.6. The Morgan fingerprint density at radius 1 is 0.312 bits per heavy atom. The van der Waals surface area contributed by atoms with Crippen LogP contribution in [-0.4, -0.2) is 95.9 Å². The predicted molar refractivity (Wildman–Crippen MR) is 381 cm³/mol. The van der Waals surface area contributed by atoms with Gasteiger partial charge in [-0.3, -0.25) is 32.5 Å². The largest absolute Gasteiger partial charge is 0.472 e. The zero-order valence-electron chi connectivity index (χ0n) is 58.4. The van der Waals surface area contributed by atoms with Crippen LogP contribution >= 0.6 is 15.6 Å². The first-order valence-corrected chi connectivity index (χ1v) is 39.5. The second-order valence-electron chi connectivity index (χ2n) is 24.4. The minimum Gasteiger partial charge on any atom is -0.463 e. The summed E-state index contributed by atoms with van der Waals surface area (Å²) in [6, 6.07) is 0. The highest BCUT2D eigenvalue weighted by molar-refractivity contribution is 7.47. The minimum atomic E-state index is -4.93. The molecule has 0 aromatic carbocycles. The number of ether oxygens (including phenoxy) is 3. The fraction of sp³-hybridized carbons (Fsp3) is 0.747. The number of allylic oxidation sites excluding steroid dienone is 16. The van der Waals surface area contributed by atoms with Gasteiger partial charge in [-0.25, -0.2) is 9.13 Å². The van der Waals surface area contributed by atoms with E-state index in [1.807, 2.05) is 0 Å². The highest BCUT2D eigenvalue weighted by atomic mass is 31.2. The maximum absolute atomic E-state index is 12.9. The highest BCUT2D eigenvalue weighted by Gasteiger charge is 2.29. The Labute approximate surface area is 565 Å². The second kappa shape index (κ2) is 68.4. The van der Waals surface area contributed by atoms with Gasteiger partial charge >= 0.3 is 33.6 Å². The van der Waals surface area contributed by atoms with Crippen molar-refractivity contribution < 1.29 is 75.8 Å².